The number of morpholine rings is 1. The molecule has 0 saturated carbocycles. The number of hydrogen-bond acceptors (Lipinski definition) is 7. The minimum Gasteiger partial charge on any atom is -0.378 e. The molecular weight excluding hydrogens is 460 g/mol. The summed E-state index contributed by atoms with van der Waals surface area (Å²) in [6, 6.07) is 14.2. The summed E-state index contributed by atoms with van der Waals surface area (Å²) in [5.74, 6) is 0.674. The molecule has 35 heavy (non-hydrogen) atoms. The third-order valence-corrected chi connectivity index (χ3v) is 7.27. The Morgan fingerprint density at radius 2 is 1.97 bits per heavy atom. The Balaban J connectivity index is 1.45. The number of fused-ring (bicyclic) bond motifs is 1. The molecule has 0 bridgehead atoms. The number of aryl methyl sites for hydroxylation is 2. The molecule has 5 aromatic rings. The minimum absolute atomic E-state index is 0.0450. The second kappa shape index (κ2) is 8.75. The molecule has 0 radical (unpaired) electrons. The van der Waals surface area contributed by atoms with Gasteiger partial charge in [-0.3, -0.25) is 9.48 Å². The molecule has 1 aliphatic rings. The van der Waals surface area contributed by atoms with Crippen LogP contribution in [0.4, 0.5) is 5.69 Å². The van der Waals surface area contributed by atoms with E-state index >= 15 is 0 Å². The molecule has 0 atom stereocenters. The molecule has 1 aromatic carbocycles. The summed E-state index contributed by atoms with van der Waals surface area (Å²) in [7, 11) is 1.81. The lowest BCUT2D eigenvalue weighted by molar-refractivity contribution is 0.104. The van der Waals surface area contributed by atoms with Gasteiger partial charge in [-0.15, -0.1) is 11.3 Å². The van der Waals surface area contributed by atoms with Crippen LogP contribution in [0.15, 0.2) is 61.1 Å². The largest absolute Gasteiger partial charge is 0.378 e. The Hall–Kier alpha value is -3.82. The topological polar surface area (TPSA) is 78.1 Å². The molecule has 5 heterocycles. The van der Waals surface area contributed by atoms with E-state index in [-0.39, 0.29) is 5.78 Å². The Labute approximate surface area is 206 Å². The zero-order chi connectivity index (χ0) is 23.9. The van der Waals surface area contributed by atoms with Crippen LogP contribution in [0.3, 0.4) is 0 Å². The van der Waals surface area contributed by atoms with E-state index in [4.69, 9.17) is 14.8 Å². The summed E-state index contributed by atoms with van der Waals surface area (Å²) in [6.45, 7) is 4.99. The van der Waals surface area contributed by atoms with E-state index in [1.807, 2.05) is 24.4 Å². The molecule has 0 N–H and O–H groups in total. The summed E-state index contributed by atoms with van der Waals surface area (Å²) in [4.78, 5) is 21.0. The van der Waals surface area contributed by atoms with Crippen LogP contribution in [-0.4, -0.2) is 56.6 Å². The molecule has 176 valence electrons. The van der Waals surface area contributed by atoms with Gasteiger partial charge in [-0.05, 0) is 25.1 Å². The van der Waals surface area contributed by atoms with Crippen molar-refractivity contribution in [2.24, 2.45) is 7.05 Å². The molecule has 4 aromatic heterocycles. The first-order valence-electron chi connectivity index (χ1n) is 11.5. The first-order valence-corrected chi connectivity index (χ1v) is 12.3. The van der Waals surface area contributed by atoms with Gasteiger partial charge in [0.1, 0.15) is 0 Å². The number of ether oxygens (including phenoxy) is 1. The van der Waals surface area contributed by atoms with E-state index in [0.29, 0.717) is 23.7 Å². The highest BCUT2D eigenvalue weighted by molar-refractivity contribution is 7.21. The lowest BCUT2D eigenvalue weighted by atomic mass is 10.1. The summed E-state index contributed by atoms with van der Waals surface area (Å²) in [5, 5.41) is 8.96. The number of thiophene rings is 1. The van der Waals surface area contributed by atoms with Crippen molar-refractivity contribution in [3.05, 3.63) is 77.1 Å². The second-order valence-electron chi connectivity index (χ2n) is 8.67. The maximum Gasteiger partial charge on any atom is 0.206 e. The predicted octanol–water partition coefficient (Wildman–Crippen LogP) is 4.26. The molecule has 1 aliphatic heterocycles. The quantitative estimate of drug-likeness (QED) is 0.347. The van der Waals surface area contributed by atoms with Crippen LogP contribution in [0.5, 0.6) is 0 Å². The van der Waals surface area contributed by atoms with Gasteiger partial charge in [-0.25, -0.2) is 9.67 Å². The normalized spacial score (nSPS) is 14.1. The molecule has 1 fully saturated rings. The average molecular weight is 485 g/mol. The van der Waals surface area contributed by atoms with Gasteiger partial charge in [-0.1, -0.05) is 23.8 Å². The van der Waals surface area contributed by atoms with E-state index in [1.54, 1.807) is 28.8 Å². The zero-order valence-corrected chi connectivity index (χ0v) is 20.3. The molecule has 0 spiro atoms. The van der Waals surface area contributed by atoms with E-state index in [2.05, 4.69) is 41.2 Å². The van der Waals surface area contributed by atoms with Crippen LogP contribution in [0.1, 0.15) is 20.8 Å². The summed E-state index contributed by atoms with van der Waals surface area (Å²) < 4.78 is 10.0. The fourth-order valence-electron chi connectivity index (χ4n) is 4.35. The van der Waals surface area contributed by atoms with Gasteiger partial charge in [0.15, 0.2) is 5.82 Å². The maximum atomic E-state index is 13.1. The Morgan fingerprint density at radius 3 is 2.74 bits per heavy atom. The van der Waals surface area contributed by atoms with Crippen LogP contribution >= 0.6 is 11.3 Å². The number of pyridine rings is 1. The first kappa shape index (κ1) is 21.7. The Bertz CT molecular complexity index is 1540. The third kappa shape index (κ3) is 4.13. The third-order valence-electron chi connectivity index (χ3n) is 6.13. The van der Waals surface area contributed by atoms with Crippen molar-refractivity contribution >= 4 is 33.0 Å². The molecule has 0 aliphatic carbocycles. The number of hydrogen-bond donors (Lipinski definition) is 0. The van der Waals surface area contributed by atoms with E-state index < -0.39 is 0 Å². The molecule has 0 unspecified atom stereocenters. The van der Waals surface area contributed by atoms with Crippen molar-refractivity contribution in [3.63, 3.8) is 0 Å². The van der Waals surface area contributed by atoms with Crippen molar-refractivity contribution in [1.82, 2.24) is 24.5 Å². The monoisotopic (exact) mass is 484 g/mol. The standard InChI is InChI=1S/C26H24N6O2S/c1-17-4-3-5-18(12-17)20-6-7-32(29-20)24-14-22(31-8-10-34-11-9-31)26-21(28-24)13-23(35-26)25(33)19-15-27-30(2)16-19/h3-7,12-16H,8-11H2,1-2H3. The first-order chi connectivity index (χ1) is 17.0. The highest BCUT2D eigenvalue weighted by Crippen LogP contribution is 2.36. The lowest BCUT2D eigenvalue weighted by Crippen LogP contribution is -2.36. The van der Waals surface area contributed by atoms with E-state index in [1.165, 1.54) is 16.9 Å². The van der Waals surface area contributed by atoms with Gasteiger partial charge >= 0.3 is 0 Å². The van der Waals surface area contributed by atoms with Crippen LogP contribution in [0.2, 0.25) is 0 Å². The molecule has 9 heteroatoms. The lowest BCUT2D eigenvalue weighted by Gasteiger charge is -2.29. The van der Waals surface area contributed by atoms with Crippen molar-refractivity contribution in [3.8, 4) is 17.1 Å². The number of aromatic nitrogens is 5. The SMILES string of the molecule is Cc1cccc(-c2ccn(-c3cc(N4CCOCC4)c4sc(C(=O)c5cnn(C)c5)cc4n3)n2)c1. The summed E-state index contributed by atoms with van der Waals surface area (Å²) in [6.07, 6.45) is 5.28. The number of ketones is 1. The number of nitrogens with zero attached hydrogens (tertiary/aromatic N) is 6. The Kier molecular flexibility index (Phi) is 5.43. The number of carbonyl (C=O) groups is 1. The predicted molar refractivity (Wildman–Crippen MR) is 137 cm³/mol. The Morgan fingerprint density at radius 1 is 1.11 bits per heavy atom. The van der Waals surface area contributed by atoms with Gasteiger partial charge in [0.05, 0.1) is 51.4 Å². The summed E-state index contributed by atoms with van der Waals surface area (Å²) in [5.41, 5.74) is 5.56. The molecule has 0 amide bonds. The van der Waals surface area contributed by atoms with Crippen molar-refractivity contribution in [2.75, 3.05) is 31.2 Å². The fourth-order valence-corrected chi connectivity index (χ4v) is 5.45. The fraction of sp³-hybridized carbons (Fsp3) is 0.231. The van der Waals surface area contributed by atoms with Gasteiger partial charge < -0.3 is 9.64 Å². The van der Waals surface area contributed by atoms with Crippen LogP contribution in [0, 0.1) is 6.92 Å². The molecule has 1 saturated heterocycles. The molecular formula is C26H24N6O2S. The van der Waals surface area contributed by atoms with Gasteiger partial charge in [0, 0.05) is 44.2 Å². The van der Waals surface area contributed by atoms with Crippen LogP contribution < -0.4 is 4.90 Å². The van der Waals surface area contributed by atoms with Crippen LogP contribution in [-0.2, 0) is 11.8 Å². The van der Waals surface area contributed by atoms with Crippen LogP contribution in [0.25, 0.3) is 27.3 Å². The highest BCUT2D eigenvalue weighted by atomic mass is 32.1. The van der Waals surface area contributed by atoms with Crippen molar-refractivity contribution < 1.29 is 9.53 Å². The molecule has 8 nitrogen and oxygen atoms in total. The van der Waals surface area contributed by atoms with Crippen molar-refractivity contribution in [2.45, 2.75) is 6.92 Å². The molecule has 6 rings (SSSR count). The highest BCUT2D eigenvalue weighted by Gasteiger charge is 2.22. The van der Waals surface area contributed by atoms with Gasteiger partial charge in [0.2, 0.25) is 5.78 Å². The number of carbonyl (C=O) groups excluding carboxylic acids is 1. The summed E-state index contributed by atoms with van der Waals surface area (Å²) >= 11 is 1.48. The van der Waals surface area contributed by atoms with E-state index in [9.17, 15) is 4.79 Å². The zero-order valence-electron chi connectivity index (χ0n) is 19.5. The minimum atomic E-state index is -0.0450. The van der Waals surface area contributed by atoms with E-state index in [0.717, 1.165) is 46.1 Å². The van der Waals surface area contributed by atoms with Crippen molar-refractivity contribution in [1.29, 1.82) is 0 Å². The second-order valence-corrected chi connectivity index (χ2v) is 9.72. The maximum absolute atomic E-state index is 13.1. The van der Waals surface area contributed by atoms with Gasteiger partial charge in [0.25, 0.3) is 0 Å². The smallest absolute Gasteiger partial charge is 0.206 e. The number of benzene rings is 1. The number of rotatable bonds is 5. The average Bonchev–Trinajstić information content (AvgIpc) is 3.63. The van der Waals surface area contributed by atoms with Gasteiger partial charge in [-0.2, -0.15) is 10.2 Å². The number of anilines is 1.